The highest BCUT2D eigenvalue weighted by molar-refractivity contribution is 6.34. The summed E-state index contributed by atoms with van der Waals surface area (Å²) in [6.45, 7) is 0. The van der Waals surface area contributed by atoms with Crippen LogP contribution in [0.5, 0.6) is 0 Å². The Hall–Kier alpha value is -1.77. The number of aromatic nitrogens is 2. The molecule has 2 aromatic carbocycles. The van der Waals surface area contributed by atoms with Crippen LogP contribution >= 0.6 is 23.2 Å². The Morgan fingerprint density at radius 3 is 2.47 bits per heavy atom. The molecule has 0 atom stereocenters. The maximum Gasteiger partial charge on any atom is 0.0927 e. The van der Waals surface area contributed by atoms with E-state index in [0.29, 0.717) is 10.0 Å². The van der Waals surface area contributed by atoms with Crippen molar-refractivity contribution in [2.45, 2.75) is 0 Å². The van der Waals surface area contributed by atoms with Gasteiger partial charge in [0.1, 0.15) is 0 Å². The van der Waals surface area contributed by atoms with Gasteiger partial charge in [0.05, 0.1) is 16.4 Å². The molecule has 1 aromatic heterocycles. The van der Waals surface area contributed by atoms with Crippen molar-refractivity contribution in [3.8, 4) is 16.9 Å². The highest BCUT2D eigenvalue weighted by Gasteiger charge is 2.07. The third-order valence-corrected chi connectivity index (χ3v) is 3.37. The molecular formula is C15H10Cl2N2. The zero-order chi connectivity index (χ0) is 13.2. The molecule has 0 saturated heterocycles. The van der Waals surface area contributed by atoms with Crippen molar-refractivity contribution in [2.24, 2.45) is 0 Å². The molecule has 0 aliphatic carbocycles. The van der Waals surface area contributed by atoms with Crippen LogP contribution in [0.4, 0.5) is 0 Å². The number of hydrogen-bond acceptors (Lipinski definition) is 1. The summed E-state index contributed by atoms with van der Waals surface area (Å²) in [7, 11) is 0. The molecule has 0 aliphatic heterocycles. The van der Waals surface area contributed by atoms with Crippen molar-refractivity contribution in [1.82, 2.24) is 9.78 Å². The van der Waals surface area contributed by atoms with Crippen LogP contribution in [0.2, 0.25) is 10.0 Å². The smallest absolute Gasteiger partial charge is 0.0927 e. The molecule has 4 heteroatoms. The van der Waals surface area contributed by atoms with Gasteiger partial charge in [-0.25, -0.2) is 4.68 Å². The van der Waals surface area contributed by atoms with Gasteiger partial charge < -0.3 is 0 Å². The molecule has 2 nitrogen and oxygen atoms in total. The highest BCUT2D eigenvalue weighted by Crippen LogP contribution is 2.25. The fraction of sp³-hybridized carbons (Fsp3) is 0. The summed E-state index contributed by atoms with van der Waals surface area (Å²) in [5.74, 6) is 0. The van der Waals surface area contributed by atoms with Crippen LogP contribution in [0.25, 0.3) is 16.9 Å². The second-order valence-electron chi connectivity index (χ2n) is 4.11. The summed E-state index contributed by atoms with van der Waals surface area (Å²) < 4.78 is 1.73. The third kappa shape index (κ3) is 2.50. The maximum atomic E-state index is 6.17. The molecule has 0 spiro atoms. The first kappa shape index (κ1) is 12.3. The van der Waals surface area contributed by atoms with E-state index in [4.69, 9.17) is 23.2 Å². The lowest BCUT2D eigenvalue weighted by atomic mass is 10.2. The zero-order valence-corrected chi connectivity index (χ0v) is 11.4. The van der Waals surface area contributed by atoms with Crippen LogP contribution in [-0.4, -0.2) is 9.78 Å². The molecule has 3 rings (SSSR count). The summed E-state index contributed by atoms with van der Waals surface area (Å²) in [5, 5.41) is 5.78. The van der Waals surface area contributed by atoms with Crippen molar-refractivity contribution >= 4 is 23.2 Å². The molecule has 0 fully saturated rings. The standard InChI is InChI=1S/C15H10Cl2N2/c16-12-6-7-13(17)15(10-12)19-9-8-14(18-19)11-4-2-1-3-5-11/h1-10H. The SMILES string of the molecule is Clc1ccc(Cl)c(-n2ccc(-c3ccccc3)n2)c1. The first-order valence-electron chi connectivity index (χ1n) is 5.80. The fourth-order valence-electron chi connectivity index (χ4n) is 1.88. The molecule has 1 heterocycles. The van der Waals surface area contributed by atoms with E-state index >= 15 is 0 Å². The molecule has 19 heavy (non-hydrogen) atoms. The van der Waals surface area contributed by atoms with E-state index in [2.05, 4.69) is 5.10 Å². The van der Waals surface area contributed by atoms with Crippen LogP contribution in [0.3, 0.4) is 0 Å². The Labute approximate surface area is 121 Å². The maximum absolute atomic E-state index is 6.17. The van der Waals surface area contributed by atoms with Crippen molar-refractivity contribution in [2.75, 3.05) is 0 Å². The van der Waals surface area contributed by atoms with Crippen molar-refractivity contribution < 1.29 is 0 Å². The van der Waals surface area contributed by atoms with E-state index in [1.807, 2.05) is 42.6 Å². The van der Waals surface area contributed by atoms with Gasteiger partial charge in [0.15, 0.2) is 0 Å². The second kappa shape index (κ2) is 5.08. The van der Waals surface area contributed by atoms with Crippen molar-refractivity contribution in [1.29, 1.82) is 0 Å². The molecule has 0 unspecified atom stereocenters. The van der Waals surface area contributed by atoms with Gasteiger partial charge in [-0.05, 0) is 24.3 Å². The average Bonchev–Trinajstić information content (AvgIpc) is 2.92. The van der Waals surface area contributed by atoms with Gasteiger partial charge in [0.2, 0.25) is 0 Å². The number of hydrogen-bond donors (Lipinski definition) is 0. The Kier molecular flexibility index (Phi) is 3.28. The Bertz CT molecular complexity index is 705. The largest absolute Gasteiger partial charge is 0.239 e. The van der Waals surface area contributed by atoms with Crippen molar-refractivity contribution in [3.63, 3.8) is 0 Å². The predicted molar refractivity (Wildman–Crippen MR) is 79.0 cm³/mol. The molecular weight excluding hydrogens is 279 g/mol. The minimum absolute atomic E-state index is 0.618. The van der Waals surface area contributed by atoms with E-state index in [1.165, 1.54) is 0 Å². The monoisotopic (exact) mass is 288 g/mol. The van der Waals surface area contributed by atoms with Gasteiger partial charge in [0, 0.05) is 16.8 Å². The van der Waals surface area contributed by atoms with Gasteiger partial charge in [-0.1, -0.05) is 53.5 Å². The number of rotatable bonds is 2. The first-order chi connectivity index (χ1) is 9.24. The molecule has 0 saturated carbocycles. The second-order valence-corrected chi connectivity index (χ2v) is 4.95. The Morgan fingerprint density at radius 1 is 0.895 bits per heavy atom. The molecule has 0 N–H and O–H groups in total. The normalized spacial score (nSPS) is 10.6. The summed E-state index contributed by atoms with van der Waals surface area (Å²) >= 11 is 12.2. The summed E-state index contributed by atoms with van der Waals surface area (Å²) in [6.07, 6.45) is 1.87. The van der Waals surface area contributed by atoms with Gasteiger partial charge >= 0.3 is 0 Å². The van der Waals surface area contributed by atoms with Gasteiger partial charge in [-0.15, -0.1) is 0 Å². The topological polar surface area (TPSA) is 17.8 Å². The van der Waals surface area contributed by atoms with E-state index in [9.17, 15) is 0 Å². The van der Waals surface area contributed by atoms with Gasteiger partial charge in [0.25, 0.3) is 0 Å². The van der Waals surface area contributed by atoms with Crippen molar-refractivity contribution in [3.05, 3.63) is 70.8 Å². The average molecular weight is 289 g/mol. The van der Waals surface area contributed by atoms with E-state index in [1.54, 1.807) is 22.9 Å². The summed E-state index contributed by atoms with van der Waals surface area (Å²) in [6, 6.07) is 17.3. The van der Waals surface area contributed by atoms with Crippen LogP contribution in [0.1, 0.15) is 0 Å². The van der Waals surface area contributed by atoms with Crippen LogP contribution < -0.4 is 0 Å². The third-order valence-electron chi connectivity index (χ3n) is 2.81. The molecule has 0 radical (unpaired) electrons. The quantitative estimate of drug-likeness (QED) is 0.659. The molecule has 0 aliphatic rings. The van der Waals surface area contributed by atoms with Crippen LogP contribution in [-0.2, 0) is 0 Å². The number of benzene rings is 2. The Morgan fingerprint density at radius 2 is 1.68 bits per heavy atom. The Balaban J connectivity index is 2.04. The molecule has 0 amide bonds. The minimum atomic E-state index is 0.618. The lowest BCUT2D eigenvalue weighted by Crippen LogP contribution is -1.96. The van der Waals surface area contributed by atoms with Crippen LogP contribution in [0, 0.1) is 0 Å². The van der Waals surface area contributed by atoms with Crippen LogP contribution in [0.15, 0.2) is 60.8 Å². The molecule has 3 aromatic rings. The molecule has 0 bridgehead atoms. The highest BCUT2D eigenvalue weighted by atomic mass is 35.5. The zero-order valence-electron chi connectivity index (χ0n) is 9.92. The molecule has 94 valence electrons. The lowest BCUT2D eigenvalue weighted by Gasteiger charge is -2.04. The van der Waals surface area contributed by atoms with E-state index < -0.39 is 0 Å². The van der Waals surface area contributed by atoms with Gasteiger partial charge in [-0.2, -0.15) is 5.10 Å². The minimum Gasteiger partial charge on any atom is -0.239 e. The first-order valence-corrected chi connectivity index (χ1v) is 6.56. The van der Waals surface area contributed by atoms with Gasteiger partial charge in [-0.3, -0.25) is 0 Å². The van der Waals surface area contributed by atoms with E-state index in [-0.39, 0.29) is 0 Å². The predicted octanol–water partition coefficient (Wildman–Crippen LogP) is 4.85. The fourth-order valence-corrected chi connectivity index (χ4v) is 2.25. The lowest BCUT2D eigenvalue weighted by molar-refractivity contribution is 0.884. The summed E-state index contributed by atoms with van der Waals surface area (Å²) in [4.78, 5) is 0. The number of nitrogens with zero attached hydrogens (tertiary/aromatic N) is 2. The van der Waals surface area contributed by atoms with E-state index in [0.717, 1.165) is 16.9 Å². The summed E-state index contributed by atoms with van der Waals surface area (Å²) in [5.41, 5.74) is 2.74. The number of halogens is 2.